The zero-order valence-electron chi connectivity index (χ0n) is 11.5. The molecule has 1 aromatic rings. The van der Waals surface area contributed by atoms with Gasteiger partial charge < -0.3 is 9.84 Å². The molecule has 1 aliphatic heterocycles. The first-order valence-corrected chi connectivity index (χ1v) is 6.99. The van der Waals surface area contributed by atoms with Gasteiger partial charge in [0.05, 0.1) is 17.5 Å². The van der Waals surface area contributed by atoms with Crippen LogP contribution in [-0.2, 0) is 15.7 Å². The topological polar surface area (TPSA) is 58.9 Å². The summed E-state index contributed by atoms with van der Waals surface area (Å²) >= 11 is 0. The van der Waals surface area contributed by atoms with Crippen LogP contribution in [0.2, 0.25) is 0 Å². The molecule has 0 spiro atoms. The Labute approximate surface area is 124 Å². The summed E-state index contributed by atoms with van der Waals surface area (Å²) in [5.74, 6) is -1.15. The van der Waals surface area contributed by atoms with E-state index >= 15 is 0 Å². The molecule has 4 nitrogen and oxygen atoms in total. The molecule has 22 heavy (non-hydrogen) atoms. The van der Waals surface area contributed by atoms with E-state index in [1.54, 1.807) is 0 Å². The maximum Gasteiger partial charge on any atom is 0.416 e. The third kappa shape index (κ3) is 2.80. The Kier molecular flexibility index (Phi) is 3.58. The number of rotatable bonds is 2. The molecule has 1 N–H and O–H groups in total. The van der Waals surface area contributed by atoms with E-state index in [1.165, 1.54) is 12.1 Å². The summed E-state index contributed by atoms with van der Waals surface area (Å²) in [5.41, 5.74) is -0.481. The van der Waals surface area contributed by atoms with E-state index < -0.39 is 23.6 Å². The van der Waals surface area contributed by atoms with E-state index in [9.17, 15) is 18.0 Å². The largest absolute Gasteiger partial charge is 0.481 e. The molecule has 1 fully saturated rings. The molecule has 0 aromatic heterocycles. The molecule has 1 aromatic carbocycles. The van der Waals surface area contributed by atoms with E-state index in [-0.39, 0.29) is 23.6 Å². The van der Waals surface area contributed by atoms with Crippen LogP contribution < -0.4 is 0 Å². The van der Waals surface area contributed by atoms with Crippen molar-refractivity contribution in [2.24, 2.45) is 10.9 Å². The lowest BCUT2D eigenvalue weighted by Gasteiger charge is -2.26. The number of carboxylic acid groups (broad SMARTS) is 1. The number of hydrogen-bond donors (Lipinski definition) is 1. The summed E-state index contributed by atoms with van der Waals surface area (Å²) in [6.45, 7) is 0. The van der Waals surface area contributed by atoms with Crippen LogP contribution in [0.4, 0.5) is 13.2 Å². The summed E-state index contributed by atoms with van der Waals surface area (Å²) in [6, 6.07) is 4.53. The second-order valence-electron chi connectivity index (χ2n) is 5.58. The minimum absolute atomic E-state index is 0.173. The molecule has 2 aliphatic rings. The van der Waals surface area contributed by atoms with Crippen LogP contribution in [0.25, 0.3) is 0 Å². The Morgan fingerprint density at radius 1 is 1.32 bits per heavy atom. The Morgan fingerprint density at radius 2 is 2.09 bits per heavy atom. The summed E-state index contributed by atoms with van der Waals surface area (Å²) in [7, 11) is 0. The first-order chi connectivity index (χ1) is 10.3. The van der Waals surface area contributed by atoms with Crippen molar-refractivity contribution in [2.75, 3.05) is 0 Å². The van der Waals surface area contributed by atoms with Gasteiger partial charge in [0.25, 0.3) is 0 Å². The molecule has 0 amide bonds. The fraction of sp³-hybridized carbons (Fsp3) is 0.467. The lowest BCUT2D eigenvalue weighted by molar-refractivity contribution is -0.143. The van der Waals surface area contributed by atoms with Crippen LogP contribution in [0.15, 0.2) is 29.3 Å². The van der Waals surface area contributed by atoms with Gasteiger partial charge in [-0.3, -0.25) is 4.79 Å². The SMILES string of the molecule is O=C(O)C1CCC2OC(c3cccc(C(F)(F)F)c3)=NC2C1. The van der Waals surface area contributed by atoms with Crippen LogP contribution in [0.5, 0.6) is 0 Å². The average Bonchev–Trinajstić information content (AvgIpc) is 2.89. The van der Waals surface area contributed by atoms with Crippen molar-refractivity contribution >= 4 is 11.9 Å². The number of carbonyl (C=O) groups is 1. The van der Waals surface area contributed by atoms with Crippen molar-refractivity contribution in [2.45, 2.75) is 37.6 Å². The highest BCUT2D eigenvalue weighted by atomic mass is 19.4. The molecule has 7 heteroatoms. The molecule has 0 bridgehead atoms. The van der Waals surface area contributed by atoms with Crippen molar-refractivity contribution in [3.63, 3.8) is 0 Å². The van der Waals surface area contributed by atoms with Crippen molar-refractivity contribution in [1.29, 1.82) is 0 Å². The quantitative estimate of drug-likeness (QED) is 0.912. The van der Waals surface area contributed by atoms with Gasteiger partial charge in [0.2, 0.25) is 5.90 Å². The highest BCUT2D eigenvalue weighted by Crippen LogP contribution is 2.35. The van der Waals surface area contributed by atoms with Crippen molar-refractivity contribution in [1.82, 2.24) is 0 Å². The van der Waals surface area contributed by atoms with Crippen LogP contribution >= 0.6 is 0 Å². The molecule has 1 aliphatic carbocycles. The predicted octanol–water partition coefficient (Wildman–Crippen LogP) is 3.10. The van der Waals surface area contributed by atoms with E-state index in [2.05, 4.69) is 4.99 Å². The molecule has 118 valence electrons. The molecular formula is C15H14F3NO3. The number of ether oxygens (including phenoxy) is 1. The van der Waals surface area contributed by atoms with Crippen LogP contribution in [0.3, 0.4) is 0 Å². The number of hydrogen-bond acceptors (Lipinski definition) is 3. The second-order valence-corrected chi connectivity index (χ2v) is 5.58. The summed E-state index contributed by atoms with van der Waals surface area (Å²) in [6.07, 6.45) is -3.24. The third-order valence-corrected chi connectivity index (χ3v) is 4.09. The molecule has 3 unspecified atom stereocenters. The highest BCUT2D eigenvalue weighted by Gasteiger charge is 2.40. The lowest BCUT2D eigenvalue weighted by atomic mass is 9.84. The number of benzene rings is 1. The third-order valence-electron chi connectivity index (χ3n) is 4.09. The van der Waals surface area contributed by atoms with E-state index in [0.29, 0.717) is 19.3 Å². The predicted molar refractivity (Wildman–Crippen MR) is 71.6 cm³/mol. The van der Waals surface area contributed by atoms with Gasteiger partial charge in [-0.25, -0.2) is 4.99 Å². The molecule has 1 heterocycles. The number of aliphatic carboxylic acids is 1. The zero-order chi connectivity index (χ0) is 15.9. The normalized spacial score (nSPS) is 27.8. The fourth-order valence-electron chi connectivity index (χ4n) is 2.91. The van der Waals surface area contributed by atoms with Crippen molar-refractivity contribution in [3.8, 4) is 0 Å². The van der Waals surface area contributed by atoms with Gasteiger partial charge in [-0.15, -0.1) is 0 Å². The molecule has 3 rings (SSSR count). The van der Waals surface area contributed by atoms with Crippen LogP contribution in [0, 0.1) is 5.92 Å². The number of aliphatic imine (C=N–C) groups is 1. The summed E-state index contributed by atoms with van der Waals surface area (Å²) < 4.78 is 43.9. The number of alkyl halides is 3. The summed E-state index contributed by atoms with van der Waals surface area (Å²) in [4.78, 5) is 15.3. The Hall–Kier alpha value is -2.05. The Balaban J connectivity index is 1.82. The smallest absolute Gasteiger partial charge is 0.416 e. The number of fused-ring (bicyclic) bond motifs is 1. The van der Waals surface area contributed by atoms with Gasteiger partial charge in [0.1, 0.15) is 6.10 Å². The van der Waals surface area contributed by atoms with E-state index in [1.807, 2.05) is 0 Å². The molecule has 1 saturated carbocycles. The standard InChI is InChI=1S/C15H14F3NO3/c16-15(17,18)10-3-1-2-8(6-10)13-19-11-7-9(14(20)21)4-5-12(11)22-13/h1-3,6,9,11-12H,4-5,7H2,(H,20,21). The van der Waals surface area contributed by atoms with Gasteiger partial charge >= 0.3 is 12.1 Å². The number of halogens is 3. The highest BCUT2D eigenvalue weighted by molar-refractivity contribution is 5.95. The zero-order valence-corrected chi connectivity index (χ0v) is 11.5. The van der Waals surface area contributed by atoms with Gasteiger partial charge in [-0.1, -0.05) is 6.07 Å². The van der Waals surface area contributed by atoms with Crippen molar-refractivity contribution < 1.29 is 27.8 Å². The first-order valence-electron chi connectivity index (χ1n) is 6.99. The van der Waals surface area contributed by atoms with Crippen LogP contribution in [0.1, 0.15) is 30.4 Å². The summed E-state index contributed by atoms with van der Waals surface area (Å²) in [5, 5.41) is 9.05. The second kappa shape index (κ2) is 5.30. The lowest BCUT2D eigenvalue weighted by Crippen LogP contribution is -2.33. The van der Waals surface area contributed by atoms with Gasteiger partial charge in [0, 0.05) is 5.56 Å². The molecule has 3 atom stereocenters. The maximum atomic E-state index is 12.7. The molecule has 0 saturated heterocycles. The first kappa shape index (κ1) is 14.9. The number of carboxylic acids is 1. The number of nitrogens with zero attached hydrogens (tertiary/aromatic N) is 1. The average molecular weight is 313 g/mol. The van der Waals surface area contributed by atoms with Gasteiger partial charge in [-0.2, -0.15) is 13.2 Å². The van der Waals surface area contributed by atoms with Crippen LogP contribution in [-0.4, -0.2) is 29.1 Å². The molecule has 0 radical (unpaired) electrons. The monoisotopic (exact) mass is 313 g/mol. The van der Waals surface area contributed by atoms with E-state index in [4.69, 9.17) is 9.84 Å². The van der Waals surface area contributed by atoms with E-state index in [0.717, 1.165) is 12.1 Å². The molecular weight excluding hydrogens is 299 g/mol. The fourth-order valence-corrected chi connectivity index (χ4v) is 2.91. The maximum absolute atomic E-state index is 12.7. The van der Waals surface area contributed by atoms with Gasteiger partial charge in [-0.05, 0) is 37.5 Å². The Morgan fingerprint density at radius 3 is 2.77 bits per heavy atom. The minimum atomic E-state index is -4.42. The Bertz CT molecular complexity index is 627. The van der Waals surface area contributed by atoms with Crippen molar-refractivity contribution in [3.05, 3.63) is 35.4 Å². The van der Waals surface area contributed by atoms with Gasteiger partial charge in [0.15, 0.2) is 0 Å². The minimum Gasteiger partial charge on any atom is -0.481 e.